The minimum atomic E-state index is -4.50. The Hall–Kier alpha value is -4.80. The number of anilines is 1. The van der Waals surface area contributed by atoms with Gasteiger partial charge in [-0.2, -0.15) is 22.8 Å². The second-order valence-electron chi connectivity index (χ2n) is 8.55. The van der Waals surface area contributed by atoms with Crippen LogP contribution in [0.25, 0.3) is 22.3 Å². The highest BCUT2D eigenvalue weighted by molar-refractivity contribution is 7.93. The molecular weight excluding hydrogens is 575 g/mol. The van der Waals surface area contributed by atoms with Gasteiger partial charge in [-0.25, -0.2) is 13.4 Å². The third-order valence-electron chi connectivity index (χ3n) is 5.82. The van der Waals surface area contributed by atoms with Gasteiger partial charge in [0.1, 0.15) is 23.9 Å². The Morgan fingerprint density at radius 3 is 2.41 bits per heavy atom. The molecule has 0 unspecified atom stereocenters. The predicted molar refractivity (Wildman–Crippen MR) is 147 cm³/mol. The Morgan fingerprint density at radius 2 is 1.71 bits per heavy atom. The maximum atomic E-state index is 13.3. The monoisotopic (exact) mass is 592 g/mol. The maximum Gasteiger partial charge on any atom is 0.416 e. The van der Waals surface area contributed by atoms with Gasteiger partial charge in [-0.1, -0.05) is 18.2 Å². The number of halogens is 3. The van der Waals surface area contributed by atoms with Gasteiger partial charge in [0.05, 0.1) is 16.0 Å². The van der Waals surface area contributed by atoms with Gasteiger partial charge >= 0.3 is 6.18 Å². The van der Waals surface area contributed by atoms with E-state index in [0.29, 0.717) is 27.9 Å². The van der Waals surface area contributed by atoms with Crippen LogP contribution >= 0.6 is 11.5 Å². The van der Waals surface area contributed by atoms with Crippen LogP contribution in [0.4, 0.5) is 18.3 Å². The fourth-order valence-corrected chi connectivity index (χ4v) is 5.60. The van der Waals surface area contributed by atoms with Crippen molar-refractivity contribution >= 4 is 26.7 Å². The summed E-state index contributed by atoms with van der Waals surface area (Å²) in [6, 6.07) is 18.9. The molecule has 0 fully saturated rings. The summed E-state index contributed by atoms with van der Waals surface area (Å²) < 4.78 is 77.7. The molecule has 2 aromatic heterocycles. The average molecular weight is 593 g/mol. The van der Waals surface area contributed by atoms with E-state index in [4.69, 9.17) is 4.74 Å². The van der Waals surface area contributed by atoms with E-state index >= 15 is 0 Å². The molecule has 205 valence electrons. The van der Waals surface area contributed by atoms with Crippen LogP contribution in [0.15, 0.2) is 90.2 Å². The van der Waals surface area contributed by atoms with Gasteiger partial charge in [-0.3, -0.25) is 9.71 Å². The minimum Gasteiger partial charge on any atom is -0.455 e. The Labute approximate surface area is 237 Å². The lowest BCUT2D eigenvalue weighted by Gasteiger charge is -2.16. The molecule has 3 aromatic carbocycles. The van der Waals surface area contributed by atoms with E-state index in [0.717, 1.165) is 29.7 Å². The summed E-state index contributed by atoms with van der Waals surface area (Å²) in [4.78, 5) is 7.70. The molecule has 13 heteroatoms. The number of nitrogens with one attached hydrogen (secondary N) is 1. The SMILES string of the molecule is [CH2]c1cc(-c2cc(-c3cccc(C(F)(F)F)c3)ccc2Oc2ccc(S(=O)(=O)Nc3ncns3)cc2C#N)ccn1. The summed E-state index contributed by atoms with van der Waals surface area (Å²) in [5.74, 6) is 0.338. The molecule has 0 amide bonds. The van der Waals surface area contributed by atoms with Crippen molar-refractivity contribution in [1.82, 2.24) is 14.3 Å². The zero-order chi connectivity index (χ0) is 29.2. The molecule has 1 radical (unpaired) electrons. The lowest BCUT2D eigenvalue weighted by atomic mass is 9.97. The van der Waals surface area contributed by atoms with Crippen LogP contribution in [-0.4, -0.2) is 22.8 Å². The smallest absolute Gasteiger partial charge is 0.416 e. The first-order valence-corrected chi connectivity index (χ1v) is 13.9. The second-order valence-corrected chi connectivity index (χ2v) is 11.0. The summed E-state index contributed by atoms with van der Waals surface area (Å²) in [5.41, 5.74) is 1.55. The first-order valence-electron chi connectivity index (χ1n) is 11.6. The number of hydrogen-bond acceptors (Lipinski definition) is 8. The van der Waals surface area contributed by atoms with Crippen LogP contribution in [0.3, 0.4) is 0 Å². The van der Waals surface area contributed by atoms with Crippen molar-refractivity contribution in [3.05, 3.63) is 109 Å². The Kier molecular flexibility index (Phi) is 7.44. The number of benzene rings is 3. The average Bonchev–Trinajstić information content (AvgIpc) is 3.45. The topological polar surface area (TPSA) is 118 Å². The van der Waals surface area contributed by atoms with Gasteiger partial charge in [0, 0.05) is 29.0 Å². The van der Waals surface area contributed by atoms with Crippen LogP contribution in [0, 0.1) is 18.3 Å². The van der Waals surface area contributed by atoms with Crippen LogP contribution in [0.1, 0.15) is 16.8 Å². The van der Waals surface area contributed by atoms with Crippen molar-refractivity contribution in [3.8, 4) is 39.8 Å². The van der Waals surface area contributed by atoms with Crippen molar-refractivity contribution in [2.24, 2.45) is 0 Å². The molecule has 0 saturated heterocycles. The molecule has 1 N–H and O–H groups in total. The van der Waals surface area contributed by atoms with Gasteiger partial charge in [-0.05, 0) is 78.2 Å². The lowest BCUT2D eigenvalue weighted by Crippen LogP contribution is -2.13. The zero-order valence-corrected chi connectivity index (χ0v) is 22.4. The highest BCUT2D eigenvalue weighted by atomic mass is 32.2. The molecule has 2 heterocycles. The highest BCUT2D eigenvalue weighted by Gasteiger charge is 2.30. The molecule has 0 spiro atoms. The number of rotatable bonds is 7. The fourth-order valence-electron chi connectivity index (χ4n) is 3.91. The summed E-state index contributed by atoms with van der Waals surface area (Å²) in [5, 5.41) is 9.84. The van der Waals surface area contributed by atoms with E-state index in [1.165, 1.54) is 30.7 Å². The third-order valence-corrected chi connectivity index (χ3v) is 7.86. The van der Waals surface area contributed by atoms with E-state index in [1.807, 2.05) is 6.07 Å². The second kappa shape index (κ2) is 11.0. The lowest BCUT2D eigenvalue weighted by molar-refractivity contribution is -0.137. The van der Waals surface area contributed by atoms with Crippen molar-refractivity contribution in [2.75, 3.05) is 4.72 Å². The van der Waals surface area contributed by atoms with Crippen LogP contribution in [-0.2, 0) is 16.2 Å². The van der Waals surface area contributed by atoms with E-state index in [-0.39, 0.29) is 27.1 Å². The summed E-state index contributed by atoms with van der Waals surface area (Å²) in [6.45, 7) is 3.84. The molecule has 0 aliphatic heterocycles. The molecule has 0 saturated carbocycles. The van der Waals surface area contributed by atoms with E-state index < -0.39 is 21.8 Å². The van der Waals surface area contributed by atoms with Gasteiger partial charge in [0.2, 0.25) is 5.13 Å². The summed E-state index contributed by atoms with van der Waals surface area (Å²) in [6.07, 6.45) is -1.77. The fraction of sp³-hybridized carbons (Fsp3) is 0.0357. The highest BCUT2D eigenvalue weighted by Crippen LogP contribution is 2.39. The standard InChI is InChI=1S/C28H17F3N5O3S2/c1-17-11-20(9-10-33-17)24-14-19(18-3-2-4-22(12-18)28(29,30)31)5-7-26(24)39-25-8-6-23(13-21(25)15-32)41(37,38)36-27-34-16-35-40-27/h2-14,16H,1H2,(H,34,35,36). The van der Waals surface area contributed by atoms with Gasteiger partial charge in [0.15, 0.2) is 0 Å². The number of aromatic nitrogens is 3. The Bertz CT molecular complexity index is 1890. The van der Waals surface area contributed by atoms with Crippen LogP contribution < -0.4 is 9.46 Å². The molecule has 0 atom stereocenters. The number of hydrogen-bond donors (Lipinski definition) is 1. The van der Waals surface area contributed by atoms with Gasteiger partial charge in [-0.15, -0.1) is 0 Å². The summed E-state index contributed by atoms with van der Waals surface area (Å²) >= 11 is 0.856. The normalized spacial score (nSPS) is 11.6. The van der Waals surface area contributed by atoms with Crippen molar-refractivity contribution in [2.45, 2.75) is 11.1 Å². The van der Waals surface area contributed by atoms with E-state index in [1.54, 1.807) is 36.4 Å². The van der Waals surface area contributed by atoms with Gasteiger partial charge < -0.3 is 4.74 Å². The van der Waals surface area contributed by atoms with Crippen molar-refractivity contribution in [1.29, 1.82) is 5.26 Å². The molecular formula is C28H17F3N5O3S2. The zero-order valence-electron chi connectivity index (χ0n) is 20.8. The molecule has 0 aliphatic carbocycles. The van der Waals surface area contributed by atoms with Crippen molar-refractivity contribution < 1.29 is 26.3 Å². The maximum absolute atomic E-state index is 13.3. The van der Waals surface area contributed by atoms with Gasteiger partial charge in [0.25, 0.3) is 10.0 Å². The van der Waals surface area contributed by atoms with E-state index in [2.05, 4.69) is 26.0 Å². The first kappa shape index (κ1) is 27.8. The predicted octanol–water partition coefficient (Wildman–Crippen LogP) is 6.93. The van der Waals surface area contributed by atoms with Crippen LogP contribution in [0.5, 0.6) is 11.5 Å². The third kappa shape index (κ3) is 6.19. The molecule has 0 aliphatic rings. The number of nitriles is 1. The Balaban J connectivity index is 1.55. The first-order chi connectivity index (χ1) is 19.5. The minimum absolute atomic E-state index is 0.0642. The molecule has 8 nitrogen and oxygen atoms in total. The quantitative estimate of drug-likeness (QED) is 0.218. The van der Waals surface area contributed by atoms with Crippen LogP contribution in [0.2, 0.25) is 0 Å². The number of ether oxygens (including phenoxy) is 1. The Morgan fingerprint density at radius 1 is 0.927 bits per heavy atom. The van der Waals surface area contributed by atoms with E-state index in [9.17, 15) is 26.9 Å². The summed E-state index contributed by atoms with van der Waals surface area (Å²) in [7, 11) is -4.05. The molecule has 41 heavy (non-hydrogen) atoms. The number of nitrogens with zero attached hydrogens (tertiary/aromatic N) is 4. The van der Waals surface area contributed by atoms with Crippen molar-refractivity contribution in [3.63, 3.8) is 0 Å². The largest absolute Gasteiger partial charge is 0.455 e. The number of pyridine rings is 1. The molecule has 0 bridgehead atoms. The molecule has 5 rings (SSSR count). The number of alkyl halides is 3. The number of sulfonamides is 1. The molecule has 5 aromatic rings.